The summed E-state index contributed by atoms with van der Waals surface area (Å²) in [5.74, 6) is 1.71. The maximum atomic E-state index is 11.3. The molecule has 3 rings (SSSR count). The third-order valence-corrected chi connectivity index (χ3v) is 4.47. The van der Waals surface area contributed by atoms with Gasteiger partial charge in [-0.25, -0.2) is 0 Å². The van der Waals surface area contributed by atoms with E-state index >= 15 is 0 Å². The molecule has 5 nitrogen and oxygen atoms in total. The molecule has 2 aliphatic heterocycles. The lowest BCUT2D eigenvalue weighted by Crippen LogP contribution is -2.54. The highest BCUT2D eigenvalue weighted by Crippen LogP contribution is 2.31. The second kappa shape index (κ2) is 7.45. The highest BCUT2D eigenvalue weighted by molar-refractivity contribution is 7.59. The first kappa shape index (κ1) is 17.9. The second-order valence-electron chi connectivity index (χ2n) is 6.54. The molecule has 0 aromatic heterocycles. The van der Waals surface area contributed by atoms with Gasteiger partial charge in [-0.3, -0.25) is 9.69 Å². The molecule has 1 aromatic carbocycles. The number of rotatable bonds is 3. The van der Waals surface area contributed by atoms with Crippen LogP contribution in [0.2, 0.25) is 0 Å². The van der Waals surface area contributed by atoms with Crippen molar-refractivity contribution in [3.8, 4) is 11.5 Å². The molecule has 1 saturated heterocycles. The van der Waals surface area contributed by atoms with Gasteiger partial charge in [-0.15, -0.1) is 0 Å². The van der Waals surface area contributed by atoms with E-state index in [4.69, 9.17) is 9.47 Å². The van der Waals surface area contributed by atoms with Crippen LogP contribution in [0.5, 0.6) is 11.5 Å². The molecular formula is C17H26N2O3S. The number of hydrogen-bond donors (Lipinski definition) is 1. The number of piperidine rings is 1. The minimum absolute atomic E-state index is 0. The van der Waals surface area contributed by atoms with Crippen molar-refractivity contribution in [2.45, 2.75) is 38.3 Å². The molecule has 0 radical (unpaired) electrons. The van der Waals surface area contributed by atoms with Crippen LogP contribution >= 0.6 is 13.5 Å². The molecular weight excluding hydrogens is 312 g/mol. The average Bonchev–Trinajstić information content (AvgIpc) is 2.49. The van der Waals surface area contributed by atoms with Gasteiger partial charge in [0.2, 0.25) is 5.91 Å². The van der Waals surface area contributed by atoms with Gasteiger partial charge in [-0.2, -0.15) is 13.5 Å². The Labute approximate surface area is 144 Å². The summed E-state index contributed by atoms with van der Waals surface area (Å²) in [5.41, 5.74) is -0.0706. The Morgan fingerprint density at radius 3 is 2.61 bits per heavy atom. The Bertz CT molecular complexity index is 544. The fourth-order valence-corrected chi connectivity index (χ4v) is 3.22. The van der Waals surface area contributed by atoms with Crippen LogP contribution in [0.4, 0.5) is 0 Å². The molecule has 1 fully saturated rings. The van der Waals surface area contributed by atoms with Crippen molar-refractivity contribution in [2.24, 2.45) is 0 Å². The van der Waals surface area contributed by atoms with Crippen LogP contribution in [0.25, 0.3) is 0 Å². The van der Waals surface area contributed by atoms with Crippen LogP contribution in [0.15, 0.2) is 24.3 Å². The molecule has 6 heteroatoms. The molecule has 2 aliphatic rings. The first-order chi connectivity index (χ1) is 10.5. The van der Waals surface area contributed by atoms with E-state index < -0.39 is 0 Å². The van der Waals surface area contributed by atoms with Gasteiger partial charge in [-0.1, -0.05) is 12.1 Å². The van der Waals surface area contributed by atoms with E-state index in [-0.39, 0.29) is 31.0 Å². The third kappa shape index (κ3) is 4.54. The van der Waals surface area contributed by atoms with Gasteiger partial charge < -0.3 is 14.8 Å². The highest BCUT2D eigenvalue weighted by atomic mass is 32.1. The second-order valence-corrected chi connectivity index (χ2v) is 6.54. The predicted octanol–water partition coefficient (Wildman–Crippen LogP) is 1.93. The monoisotopic (exact) mass is 338 g/mol. The third-order valence-electron chi connectivity index (χ3n) is 4.47. The summed E-state index contributed by atoms with van der Waals surface area (Å²) in [6.45, 7) is 7.11. The SMILES string of the molecule is CC(=O)NC1(C)CCN(C[C@H]2COc3ccccc3O2)CC1.S. The number of carbonyl (C=O) groups is 1. The fraction of sp³-hybridized carbons (Fsp3) is 0.588. The molecule has 0 unspecified atom stereocenters. The van der Waals surface area contributed by atoms with Gasteiger partial charge in [0.1, 0.15) is 12.7 Å². The smallest absolute Gasteiger partial charge is 0.217 e. The number of benzene rings is 1. The number of hydrogen-bond acceptors (Lipinski definition) is 4. The lowest BCUT2D eigenvalue weighted by atomic mass is 9.89. The van der Waals surface area contributed by atoms with Crippen LogP contribution in [-0.2, 0) is 4.79 Å². The van der Waals surface area contributed by atoms with Crippen molar-refractivity contribution in [1.82, 2.24) is 10.2 Å². The molecule has 0 aliphatic carbocycles. The summed E-state index contributed by atoms with van der Waals surface area (Å²) in [4.78, 5) is 13.7. The van der Waals surface area contributed by atoms with Gasteiger partial charge in [-0.05, 0) is 31.9 Å². The molecule has 0 bridgehead atoms. The number of para-hydroxylation sites is 2. The molecule has 1 atom stereocenters. The standard InChI is InChI=1S/C17H24N2O3.H2S/c1-13(20)18-17(2)7-9-19(10-8-17)11-14-12-21-15-5-3-4-6-16(15)22-14;/h3-6,14H,7-12H2,1-2H3,(H,18,20);1H2/t14-;/m0./s1. The normalized spacial score (nSPS) is 22.8. The number of nitrogens with zero attached hydrogens (tertiary/aromatic N) is 1. The fourth-order valence-electron chi connectivity index (χ4n) is 3.22. The average molecular weight is 338 g/mol. The largest absolute Gasteiger partial charge is 0.486 e. The van der Waals surface area contributed by atoms with Crippen molar-refractivity contribution in [3.05, 3.63) is 24.3 Å². The number of fused-ring (bicyclic) bond motifs is 1. The number of nitrogens with one attached hydrogen (secondary N) is 1. The van der Waals surface area contributed by atoms with Gasteiger partial charge >= 0.3 is 0 Å². The highest BCUT2D eigenvalue weighted by Gasteiger charge is 2.32. The Morgan fingerprint density at radius 1 is 1.30 bits per heavy atom. The van der Waals surface area contributed by atoms with Crippen molar-refractivity contribution in [1.29, 1.82) is 0 Å². The van der Waals surface area contributed by atoms with Crippen LogP contribution in [0.3, 0.4) is 0 Å². The van der Waals surface area contributed by atoms with Gasteiger partial charge in [0.05, 0.1) is 0 Å². The lowest BCUT2D eigenvalue weighted by Gasteiger charge is -2.41. The minimum Gasteiger partial charge on any atom is -0.486 e. The summed E-state index contributed by atoms with van der Waals surface area (Å²) in [6, 6.07) is 7.80. The Balaban J connectivity index is 0.00000192. The van der Waals surface area contributed by atoms with Gasteiger partial charge in [0.15, 0.2) is 11.5 Å². The van der Waals surface area contributed by atoms with Crippen LogP contribution in [-0.4, -0.2) is 48.7 Å². The van der Waals surface area contributed by atoms with Crippen molar-refractivity contribution in [2.75, 3.05) is 26.2 Å². The van der Waals surface area contributed by atoms with Crippen LogP contribution in [0.1, 0.15) is 26.7 Å². The minimum atomic E-state index is -0.0706. The van der Waals surface area contributed by atoms with Crippen LogP contribution in [0, 0.1) is 0 Å². The molecule has 128 valence electrons. The number of amides is 1. The van der Waals surface area contributed by atoms with E-state index in [1.807, 2.05) is 24.3 Å². The zero-order chi connectivity index (χ0) is 15.6. The van der Waals surface area contributed by atoms with E-state index in [1.165, 1.54) is 0 Å². The van der Waals surface area contributed by atoms with E-state index in [0.29, 0.717) is 6.61 Å². The molecule has 0 saturated carbocycles. The predicted molar refractivity (Wildman–Crippen MR) is 94.6 cm³/mol. The summed E-state index contributed by atoms with van der Waals surface area (Å²) < 4.78 is 11.8. The number of likely N-dealkylation sites (tertiary alicyclic amines) is 1. The first-order valence-electron chi connectivity index (χ1n) is 7.94. The first-order valence-corrected chi connectivity index (χ1v) is 7.94. The van der Waals surface area contributed by atoms with Crippen LogP contribution < -0.4 is 14.8 Å². The zero-order valence-electron chi connectivity index (χ0n) is 13.8. The molecule has 1 amide bonds. The van der Waals surface area contributed by atoms with Gasteiger partial charge in [0.25, 0.3) is 0 Å². The quantitative estimate of drug-likeness (QED) is 0.915. The summed E-state index contributed by atoms with van der Waals surface area (Å²) in [6.07, 6.45) is 2.01. The topological polar surface area (TPSA) is 50.8 Å². The Kier molecular flexibility index (Phi) is 5.81. The molecule has 0 spiro atoms. The molecule has 1 aromatic rings. The molecule has 2 heterocycles. The van der Waals surface area contributed by atoms with E-state index in [0.717, 1.165) is 44.0 Å². The number of ether oxygens (including phenoxy) is 2. The van der Waals surface area contributed by atoms with Crippen molar-refractivity contribution < 1.29 is 14.3 Å². The van der Waals surface area contributed by atoms with E-state index in [2.05, 4.69) is 17.1 Å². The Morgan fingerprint density at radius 2 is 1.96 bits per heavy atom. The lowest BCUT2D eigenvalue weighted by molar-refractivity contribution is -0.121. The maximum Gasteiger partial charge on any atom is 0.217 e. The number of carbonyl (C=O) groups excluding carboxylic acids is 1. The van der Waals surface area contributed by atoms with Crippen molar-refractivity contribution >= 4 is 19.4 Å². The Hall–Kier alpha value is -1.40. The van der Waals surface area contributed by atoms with E-state index in [1.54, 1.807) is 6.92 Å². The summed E-state index contributed by atoms with van der Waals surface area (Å²) in [5, 5.41) is 3.07. The van der Waals surface area contributed by atoms with Crippen molar-refractivity contribution in [3.63, 3.8) is 0 Å². The summed E-state index contributed by atoms with van der Waals surface area (Å²) >= 11 is 0. The maximum absolute atomic E-state index is 11.3. The molecule has 1 N–H and O–H groups in total. The summed E-state index contributed by atoms with van der Waals surface area (Å²) in [7, 11) is 0. The molecule has 23 heavy (non-hydrogen) atoms. The zero-order valence-corrected chi connectivity index (χ0v) is 14.8. The van der Waals surface area contributed by atoms with Gasteiger partial charge in [0, 0.05) is 32.1 Å². The van der Waals surface area contributed by atoms with E-state index in [9.17, 15) is 4.79 Å².